The van der Waals surface area contributed by atoms with Crippen molar-refractivity contribution in [1.29, 1.82) is 0 Å². The molecular formula is C13H17N2OPS. The summed E-state index contributed by atoms with van der Waals surface area (Å²) < 4.78 is 0. The largest absolute Gasteiger partial charge is 0.372 e. The Kier molecular flexibility index (Phi) is 3.20. The Hall–Kier alpha value is -0.990. The summed E-state index contributed by atoms with van der Waals surface area (Å²) in [6.07, 6.45) is 0. The zero-order valence-electron chi connectivity index (χ0n) is 10.7. The minimum absolute atomic E-state index is 0.0777. The zero-order chi connectivity index (χ0) is 13.7. The van der Waals surface area contributed by atoms with E-state index in [-0.39, 0.29) is 5.91 Å². The Labute approximate surface area is 115 Å². The van der Waals surface area contributed by atoms with Gasteiger partial charge in [0.05, 0.1) is 5.69 Å². The molecular weight excluding hydrogens is 263 g/mol. The molecule has 0 aliphatic carbocycles. The Morgan fingerprint density at radius 1 is 1.44 bits per heavy atom. The number of hydrogen-bond acceptors (Lipinski definition) is 3. The van der Waals surface area contributed by atoms with Crippen LogP contribution >= 0.6 is 21.9 Å². The van der Waals surface area contributed by atoms with Crippen molar-refractivity contribution in [3.63, 3.8) is 0 Å². The quantitative estimate of drug-likeness (QED) is 0.503. The van der Waals surface area contributed by atoms with Gasteiger partial charge in [-0.15, -0.1) is 21.9 Å². The molecule has 96 valence electrons. The van der Waals surface area contributed by atoms with E-state index in [1.807, 2.05) is 26.8 Å². The Morgan fingerprint density at radius 3 is 2.67 bits per heavy atom. The van der Waals surface area contributed by atoms with Gasteiger partial charge >= 0.3 is 0 Å². The van der Waals surface area contributed by atoms with Crippen LogP contribution in [-0.2, 0) is 4.79 Å². The molecule has 1 atom stereocenters. The van der Waals surface area contributed by atoms with Crippen molar-refractivity contribution in [1.82, 2.24) is 5.32 Å². The maximum absolute atomic E-state index is 12.1. The second-order valence-corrected chi connectivity index (χ2v) is 6.10. The van der Waals surface area contributed by atoms with Crippen LogP contribution in [0.4, 0.5) is 5.69 Å². The highest BCUT2D eigenvalue weighted by Gasteiger charge is 2.33. The summed E-state index contributed by atoms with van der Waals surface area (Å²) in [4.78, 5) is 12.9. The van der Waals surface area contributed by atoms with Gasteiger partial charge in [0, 0.05) is 16.2 Å². The fourth-order valence-electron chi connectivity index (χ4n) is 2.08. The van der Waals surface area contributed by atoms with Gasteiger partial charge in [-0.25, -0.2) is 0 Å². The van der Waals surface area contributed by atoms with Crippen LogP contribution in [0.1, 0.15) is 25.0 Å². The Bertz CT molecular complexity index is 567. The van der Waals surface area contributed by atoms with Crippen molar-refractivity contribution in [2.45, 2.75) is 31.2 Å². The summed E-state index contributed by atoms with van der Waals surface area (Å²) in [5.74, 6) is -0.0777. The summed E-state index contributed by atoms with van der Waals surface area (Å²) in [5, 5.41) is 7.12. The van der Waals surface area contributed by atoms with Crippen LogP contribution in [0.25, 0.3) is 5.70 Å². The predicted molar refractivity (Wildman–Crippen MR) is 82.7 cm³/mol. The smallest absolute Gasteiger partial charge is 0.249 e. The van der Waals surface area contributed by atoms with E-state index < -0.39 is 5.54 Å². The lowest BCUT2D eigenvalue weighted by Gasteiger charge is -2.23. The van der Waals surface area contributed by atoms with Gasteiger partial charge in [0.2, 0.25) is 5.91 Å². The monoisotopic (exact) mass is 280 g/mol. The third kappa shape index (κ3) is 2.04. The van der Waals surface area contributed by atoms with Crippen LogP contribution in [0.3, 0.4) is 0 Å². The van der Waals surface area contributed by atoms with E-state index in [1.54, 1.807) is 0 Å². The Balaban J connectivity index is 2.68. The number of hydrogen-bond donors (Lipinski definition) is 3. The van der Waals surface area contributed by atoms with Gasteiger partial charge < -0.3 is 10.6 Å². The van der Waals surface area contributed by atoms with E-state index in [0.29, 0.717) is 0 Å². The maximum atomic E-state index is 12.1. The molecule has 0 spiro atoms. The molecule has 18 heavy (non-hydrogen) atoms. The van der Waals surface area contributed by atoms with Crippen molar-refractivity contribution in [3.05, 3.63) is 23.8 Å². The van der Waals surface area contributed by atoms with Gasteiger partial charge in [0.25, 0.3) is 0 Å². The van der Waals surface area contributed by atoms with Crippen LogP contribution in [0.15, 0.2) is 17.5 Å². The lowest BCUT2D eigenvalue weighted by atomic mass is 10.0. The van der Waals surface area contributed by atoms with Gasteiger partial charge in [-0.2, -0.15) is 0 Å². The number of rotatable bonds is 0. The maximum Gasteiger partial charge on any atom is 0.249 e. The fraction of sp³-hybridized carbons (Fsp3) is 0.308. The molecule has 1 aromatic rings. The number of carbonyl (C=O) groups excluding carboxylic acids is 1. The predicted octanol–water partition coefficient (Wildman–Crippen LogP) is 2.08. The molecule has 2 rings (SSSR count). The molecule has 1 aliphatic rings. The first-order valence-electron chi connectivity index (χ1n) is 5.65. The molecule has 0 radical (unpaired) electrons. The minimum Gasteiger partial charge on any atom is -0.372 e. The molecule has 0 aromatic heterocycles. The van der Waals surface area contributed by atoms with Gasteiger partial charge in [0.1, 0.15) is 5.54 Å². The molecule has 1 heterocycles. The zero-order valence-corrected chi connectivity index (χ0v) is 12.8. The van der Waals surface area contributed by atoms with Gasteiger partial charge in [0.15, 0.2) is 0 Å². The number of thiol groups is 1. The van der Waals surface area contributed by atoms with Crippen molar-refractivity contribution >= 4 is 44.5 Å². The summed E-state index contributed by atoms with van der Waals surface area (Å²) in [7, 11) is 2.67. The third-order valence-corrected chi connectivity index (χ3v) is 4.54. The number of carbonyl (C=O) groups is 1. The second kappa shape index (κ2) is 4.29. The van der Waals surface area contributed by atoms with E-state index in [0.717, 1.165) is 32.7 Å². The second-order valence-electron chi connectivity index (χ2n) is 5.04. The SMILES string of the molecule is C=C1NC(C)(C)C(=O)Nc2cc(S)c(P)c(C)c21. The number of amides is 1. The van der Waals surface area contributed by atoms with Crippen LogP contribution in [0.2, 0.25) is 0 Å². The topological polar surface area (TPSA) is 41.1 Å². The van der Waals surface area contributed by atoms with Crippen LogP contribution in [-0.4, -0.2) is 11.4 Å². The van der Waals surface area contributed by atoms with E-state index in [9.17, 15) is 4.79 Å². The highest BCUT2D eigenvalue weighted by molar-refractivity contribution is 7.80. The lowest BCUT2D eigenvalue weighted by Crippen LogP contribution is -2.47. The molecule has 5 heteroatoms. The number of fused-ring (bicyclic) bond motifs is 1. The minimum atomic E-state index is -0.680. The first kappa shape index (κ1) is 13.4. The molecule has 0 fully saturated rings. The van der Waals surface area contributed by atoms with Crippen LogP contribution < -0.4 is 15.9 Å². The van der Waals surface area contributed by atoms with E-state index in [4.69, 9.17) is 0 Å². The molecule has 3 nitrogen and oxygen atoms in total. The Morgan fingerprint density at radius 2 is 2.06 bits per heavy atom. The molecule has 1 amide bonds. The van der Waals surface area contributed by atoms with Crippen molar-refractivity contribution < 1.29 is 4.79 Å². The van der Waals surface area contributed by atoms with Crippen molar-refractivity contribution in [3.8, 4) is 0 Å². The molecule has 0 saturated carbocycles. The molecule has 2 N–H and O–H groups in total. The summed E-state index contributed by atoms with van der Waals surface area (Å²) >= 11 is 4.42. The van der Waals surface area contributed by atoms with Crippen molar-refractivity contribution in [2.75, 3.05) is 5.32 Å². The third-order valence-electron chi connectivity index (χ3n) is 3.19. The highest BCUT2D eigenvalue weighted by atomic mass is 32.1. The summed E-state index contributed by atoms with van der Waals surface area (Å²) in [5.41, 5.74) is 2.83. The molecule has 0 saturated heterocycles. The molecule has 0 bridgehead atoms. The van der Waals surface area contributed by atoms with Crippen LogP contribution in [0.5, 0.6) is 0 Å². The first-order chi connectivity index (χ1) is 8.24. The fourth-order valence-corrected chi connectivity index (χ4v) is 2.60. The number of benzene rings is 1. The normalized spacial score (nSPS) is 17.6. The van der Waals surface area contributed by atoms with E-state index in [1.165, 1.54) is 0 Å². The average molecular weight is 280 g/mol. The highest BCUT2D eigenvalue weighted by Crippen LogP contribution is 2.32. The molecule has 1 aliphatic heterocycles. The lowest BCUT2D eigenvalue weighted by molar-refractivity contribution is -0.120. The number of anilines is 1. The average Bonchev–Trinajstić information content (AvgIpc) is 2.32. The summed E-state index contributed by atoms with van der Waals surface area (Å²) in [6.45, 7) is 9.70. The van der Waals surface area contributed by atoms with Crippen molar-refractivity contribution in [2.24, 2.45) is 0 Å². The van der Waals surface area contributed by atoms with E-state index in [2.05, 4.69) is 39.1 Å². The van der Waals surface area contributed by atoms with Gasteiger partial charge in [-0.05, 0) is 37.7 Å². The molecule has 1 aromatic carbocycles. The van der Waals surface area contributed by atoms with Gasteiger partial charge in [-0.1, -0.05) is 6.58 Å². The van der Waals surface area contributed by atoms with E-state index >= 15 is 0 Å². The summed E-state index contributed by atoms with van der Waals surface area (Å²) in [6, 6.07) is 1.86. The standard InChI is InChI=1S/C13H17N2OPS/c1-6-10-7(2)15-13(3,4)12(16)14-8(10)5-9(18)11(6)17/h5,15,18H,2,17H2,1,3-4H3,(H,14,16). The van der Waals surface area contributed by atoms with Crippen LogP contribution in [0, 0.1) is 6.92 Å². The first-order valence-corrected chi connectivity index (χ1v) is 6.67. The molecule has 1 unspecified atom stereocenters. The van der Waals surface area contributed by atoms with Gasteiger partial charge in [-0.3, -0.25) is 4.79 Å². The number of nitrogens with one attached hydrogen (secondary N) is 2.